The topological polar surface area (TPSA) is 83.7 Å². The Morgan fingerprint density at radius 2 is 1.77 bits per heavy atom. The van der Waals surface area contributed by atoms with E-state index >= 15 is 0 Å². The van der Waals surface area contributed by atoms with Gasteiger partial charge >= 0.3 is 6.18 Å². The van der Waals surface area contributed by atoms with Crippen LogP contribution < -0.4 is 5.73 Å². The fourth-order valence-electron chi connectivity index (χ4n) is 2.49. The van der Waals surface area contributed by atoms with Crippen molar-refractivity contribution >= 4 is 39.9 Å². The van der Waals surface area contributed by atoms with Gasteiger partial charge in [0.05, 0.1) is 15.5 Å². The number of halogens is 5. The number of alkyl halides is 3. The van der Waals surface area contributed by atoms with Gasteiger partial charge in [-0.05, 0) is 18.2 Å². The summed E-state index contributed by atoms with van der Waals surface area (Å²) in [5.74, 6) is -0.176. The Balaban J connectivity index is 0.00000338. The summed E-state index contributed by atoms with van der Waals surface area (Å²) < 4.78 is 65.0. The van der Waals surface area contributed by atoms with E-state index in [4.69, 9.17) is 17.3 Å². The zero-order valence-electron chi connectivity index (χ0n) is 13.5. The minimum atomic E-state index is -4.75. The molecule has 0 radical (unpaired) electrons. The molecule has 1 saturated heterocycles. The number of nitrogens with two attached hydrogens (primary N) is 1. The first-order chi connectivity index (χ1) is 11.6. The molecular weight excluding hydrogens is 418 g/mol. The molecule has 1 aromatic carbocycles. The fourth-order valence-corrected chi connectivity index (χ4v) is 4.16. The molecule has 2 N–H and O–H groups in total. The maximum absolute atomic E-state index is 12.9. The summed E-state index contributed by atoms with van der Waals surface area (Å²) in [4.78, 5) is 12.8. The minimum Gasteiger partial charge on any atom is -0.340 e. The summed E-state index contributed by atoms with van der Waals surface area (Å²) in [6.07, 6.45) is -4.59. The monoisotopic (exact) mass is 435 g/mol. The third-order valence-corrected chi connectivity index (χ3v) is 6.05. The molecule has 0 aromatic heterocycles. The highest BCUT2D eigenvalue weighted by Crippen LogP contribution is 2.36. The van der Waals surface area contributed by atoms with E-state index in [0.29, 0.717) is 6.07 Å². The van der Waals surface area contributed by atoms with E-state index in [0.717, 1.165) is 16.4 Å². The Morgan fingerprint density at radius 3 is 2.27 bits per heavy atom. The lowest BCUT2D eigenvalue weighted by Gasteiger charge is -2.34. The molecule has 6 nitrogen and oxygen atoms in total. The van der Waals surface area contributed by atoms with Crippen LogP contribution in [0.2, 0.25) is 5.02 Å². The number of sulfonamides is 1. The Hall–Kier alpha value is -1.07. The van der Waals surface area contributed by atoms with E-state index < -0.39 is 31.7 Å². The van der Waals surface area contributed by atoms with Gasteiger partial charge in [0.2, 0.25) is 15.9 Å². The average Bonchev–Trinajstić information content (AvgIpc) is 2.54. The van der Waals surface area contributed by atoms with Crippen LogP contribution in [0.5, 0.6) is 0 Å². The molecule has 1 amide bonds. The third-order valence-electron chi connectivity index (χ3n) is 3.83. The Kier molecular flexibility index (Phi) is 7.73. The molecule has 1 fully saturated rings. The van der Waals surface area contributed by atoms with Crippen molar-refractivity contribution in [3.63, 3.8) is 0 Å². The van der Waals surface area contributed by atoms with Crippen molar-refractivity contribution in [3.05, 3.63) is 28.8 Å². The summed E-state index contributed by atoms with van der Waals surface area (Å²) >= 11 is 5.52. The average molecular weight is 436 g/mol. The number of rotatable bonds is 4. The fraction of sp³-hybridized carbons (Fsp3) is 0.500. The van der Waals surface area contributed by atoms with Crippen LogP contribution in [0.25, 0.3) is 0 Å². The minimum absolute atomic E-state index is 0. The zero-order valence-corrected chi connectivity index (χ0v) is 15.9. The summed E-state index contributed by atoms with van der Waals surface area (Å²) in [5.41, 5.74) is 4.11. The lowest BCUT2D eigenvalue weighted by Crippen LogP contribution is -2.50. The summed E-state index contributed by atoms with van der Waals surface area (Å²) in [6.45, 7) is 0.531. The van der Waals surface area contributed by atoms with Gasteiger partial charge in [-0.2, -0.15) is 17.5 Å². The standard InChI is InChI=1S/C14H17ClF3N3O3S.ClH/c15-12-2-1-10(9-11(12)14(16,17)18)25(23,24)21-7-5-20(6-8-21)13(22)3-4-19;/h1-2,9H,3-8,19H2;1H. The highest BCUT2D eigenvalue weighted by atomic mass is 35.5. The van der Waals surface area contributed by atoms with Crippen molar-refractivity contribution < 1.29 is 26.4 Å². The van der Waals surface area contributed by atoms with Gasteiger partial charge in [0.15, 0.2) is 0 Å². The van der Waals surface area contributed by atoms with E-state index in [1.165, 1.54) is 4.90 Å². The summed E-state index contributed by atoms with van der Waals surface area (Å²) in [6, 6.07) is 2.49. The van der Waals surface area contributed by atoms with Crippen molar-refractivity contribution in [2.45, 2.75) is 17.5 Å². The van der Waals surface area contributed by atoms with Crippen LogP contribution >= 0.6 is 24.0 Å². The molecule has 26 heavy (non-hydrogen) atoms. The number of hydrogen-bond donors (Lipinski definition) is 1. The van der Waals surface area contributed by atoms with E-state index in [2.05, 4.69) is 0 Å². The van der Waals surface area contributed by atoms with Crippen LogP contribution in [-0.4, -0.2) is 56.3 Å². The molecule has 12 heteroatoms. The molecule has 0 atom stereocenters. The molecule has 0 saturated carbocycles. The van der Waals surface area contributed by atoms with Crippen molar-refractivity contribution in [1.82, 2.24) is 9.21 Å². The highest BCUT2D eigenvalue weighted by molar-refractivity contribution is 7.89. The zero-order chi connectivity index (χ0) is 18.8. The van der Waals surface area contributed by atoms with Crippen LogP contribution in [0.4, 0.5) is 13.2 Å². The maximum Gasteiger partial charge on any atom is 0.417 e. The number of nitrogens with zero attached hydrogens (tertiary/aromatic N) is 2. The molecule has 1 heterocycles. The van der Waals surface area contributed by atoms with Crippen LogP contribution in [0.1, 0.15) is 12.0 Å². The molecule has 1 aliphatic rings. The Morgan fingerprint density at radius 1 is 1.19 bits per heavy atom. The van der Waals surface area contributed by atoms with Crippen LogP contribution in [-0.2, 0) is 21.0 Å². The molecule has 1 aromatic rings. The molecule has 0 aliphatic carbocycles. The number of piperazine rings is 1. The maximum atomic E-state index is 12.9. The first-order valence-corrected chi connectivity index (χ1v) is 9.24. The van der Waals surface area contributed by atoms with Gasteiger partial charge in [0, 0.05) is 39.1 Å². The van der Waals surface area contributed by atoms with Gasteiger partial charge in [-0.15, -0.1) is 12.4 Å². The van der Waals surface area contributed by atoms with Gasteiger partial charge < -0.3 is 10.6 Å². The van der Waals surface area contributed by atoms with Gasteiger partial charge in [-0.25, -0.2) is 8.42 Å². The summed E-state index contributed by atoms with van der Waals surface area (Å²) in [5, 5.41) is -0.566. The van der Waals surface area contributed by atoms with E-state index in [1.54, 1.807) is 0 Å². The smallest absolute Gasteiger partial charge is 0.340 e. The van der Waals surface area contributed by atoms with Crippen molar-refractivity contribution in [1.29, 1.82) is 0 Å². The number of amides is 1. The molecule has 148 valence electrons. The number of benzene rings is 1. The van der Waals surface area contributed by atoms with Crippen LogP contribution in [0.15, 0.2) is 23.1 Å². The predicted molar refractivity (Wildman–Crippen MR) is 92.7 cm³/mol. The van der Waals surface area contributed by atoms with Crippen LogP contribution in [0.3, 0.4) is 0 Å². The van der Waals surface area contributed by atoms with Crippen molar-refractivity contribution in [2.75, 3.05) is 32.7 Å². The third kappa shape index (κ3) is 5.01. The Bertz CT molecular complexity index is 752. The highest BCUT2D eigenvalue weighted by Gasteiger charge is 2.36. The van der Waals surface area contributed by atoms with E-state index in [-0.39, 0.29) is 57.5 Å². The quantitative estimate of drug-likeness (QED) is 0.783. The number of carbonyl (C=O) groups excluding carboxylic acids is 1. The molecular formula is C14H18Cl2F3N3O3S. The predicted octanol–water partition coefficient (Wildman–Crippen LogP) is 1.96. The largest absolute Gasteiger partial charge is 0.417 e. The van der Waals surface area contributed by atoms with E-state index in [9.17, 15) is 26.4 Å². The molecule has 1 aliphatic heterocycles. The van der Waals surface area contributed by atoms with Gasteiger partial charge in [-0.3, -0.25) is 4.79 Å². The van der Waals surface area contributed by atoms with Crippen LogP contribution in [0, 0.1) is 0 Å². The SMILES string of the molecule is Cl.NCCC(=O)N1CCN(S(=O)(=O)c2ccc(Cl)c(C(F)(F)F)c2)CC1. The molecule has 2 rings (SSSR count). The molecule has 0 spiro atoms. The van der Waals surface area contributed by atoms with Gasteiger partial charge in [0.1, 0.15) is 0 Å². The molecule has 0 bridgehead atoms. The normalized spacial score (nSPS) is 16.3. The number of carbonyl (C=O) groups is 1. The Labute approximate surface area is 160 Å². The first-order valence-electron chi connectivity index (χ1n) is 7.42. The molecule has 0 unspecified atom stereocenters. The second kappa shape index (κ2) is 8.75. The lowest BCUT2D eigenvalue weighted by atomic mass is 10.2. The second-order valence-corrected chi connectivity index (χ2v) is 7.81. The van der Waals surface area contributed by atoms with Gasteiger partial charge in [0.25, 0.3) is 0 Å². The lowest BCUT2D eigenvalue weighted by molar-refractivity contribution is -0.137. The van der Waals surface area contributed by atoms with E-state index in [1.807, 2.05) is 0 Å². The van der Waals surface area contributed by atoms with Crippen molar-refractivity contribution in [2.24, 2.45) is 5.73 Å². The second-order valence-electron chi connectivity index (χ2n) is 5.46. The summed E-state index contributed by atoms with van der Waals surface area (Å²) in [7, 11) is -4.11. The van der Waals surface area contributed by atoms with Gasteiger partial charge in [-0.1, -0.05) is 11.6 Å². The van der Waals surface area contributed by atoms with Crippen molar-refractivity contribution in [3.8, 4) is 0 Å². The first kappa shape index (κ1) is 23.0. The number of hydrogen-bond acceptors (Lipinski definition) is 4.